The van der Waals surface area contributed by atoms with Gasteiger partial charge in [0, 0.05) is 25.1 Å². The van der Waals surface area contributed by atoms with E-state index in [1.165, 1.54) is 0 Å². The molecule has 2 saturated heterocycles. The second-order valence-corrected chi connectivity index (χ2v) is 9.46. The molecular formula is C28H31NO6. The maximum atomic E-state index is 13.3. The predicted molar refractivity (Wildman–Crippen MR) is 130 cm³/mol. The molecule has 5 rings (SSSR count). The van der Waals surface area contributed by atoms with Gasteiger partial charge in [0.25, 0.3) is 11.7 Å². The number of benzene rings is 2. The number of carbonyl (C=O) groups is 2. The molecule has 1 N–H and O–H groups in total. The Balaban J connectivity index is 1.55. The number of ether oxygens (including phenoxy) is 3. The number of ketones is 1. The van der Waals surface area contributed by atoms with Crippen molar-refractivity contribution >= 4 is 17.4 Å². The van der Waals surface area contributed by atoms with Crippen molar-refractivity contribution in [3.8, 4) is 11.5 Å². The van der Waals surface area contributed by atoms with Gasteiger partial charge in [0.15, 0.2) is 0 Å². The van der Waals surface area contributed by atoms with Gasteiger partial charge in [-0.2, -0.15) is 0 Å². The molecule has 0 bridgehead atoms. The van der Waals surface area contributed by atoms with Crippen LogP contribution in [0.5, 0.6) is 11.5 Å². The third kappa shape index (κ3) is 4.52. The average Bonchev–Trinajstić information content (AvgIpc) is 3.57. The third-order valence-electron chi connectivity index (χ3n) is 6.80. The molecule has 184 valence electrons. The lowest BCUT2D eigenvalue weighted by Crippen LogP contribution is -2.36. The minimum absolute atomic E-state index is 0.0628. The summed E-state index contributed by atoms with van der Waals surface area (Å²) in [6, 6.07) is 12.1. The number of likely N-dealkylation sites (tertiary alicyclic amines) is 1. The SMILES string of the molecule is CCCOc1ccc(C2C(=C(O)c3ccc4c(c3)CC(C)O4)C(=O)C(=O)N2CC2CCCO2)cc1. The summed E-state index contributed by atoms with van der Waals surface area (Å²) in [5.74, 6) is 0.0433. The lowest BCUT2D eigenvalue weighted by atomic mass is 9.94. The van der Waals surface area contributed by atoms with Crippen LogP contribution in [-0.2, 0) is 20.7 Å². The number of amides is 1. The van der Waals surface area contributed by atoms with Crippen LogP contribution in [0.2, 0.25) is 0 Å². The first-order valence-electron chi connectivity index (χ1n) is 12.4. The lowest BCUT2D eigenvalue weighted by Gasteiger charge is -2.27. The molecule has 2 fully saturated rings. The number of aliphatic hydroxyl groups is 1. The fraction of sp³-hybridized carbons (Fsp3) is 0.429. The van der Waals surface area contributed by atoms with Gasteiger partial charge in [-0.15, -0.1) is 0 Å². The van der Waals surface area contributed by atoms with Crippen LogP contribution in [0, 0.1) is 0 Å². The molecule has 7 nitrogen and oxygen atoms in total. The number of hydrogen-bond donors (Lipinski definition) is 1. The van der Waals surface area contributed by atoms with Gasteiger partial charge >= 0.3 is 0 Å². The van der Waals surface area contributed by atoms with Crippen molar-refractivity contribution in [2.45, 2.75) is 57.8 Å². The standard InChI is InChI=1S/C28H31NO6/c1-3-12-33-21-9-6-18(7-10-21)25-24(27(31)28(32)29(25)16-22-5-4-13-34-22)26(30)19-8-11-23-20(15-19)14-17(2)35-23/h6-11,15,17,22,25,30H,3-5,12-14,16H2,1-2H3. The van der Waals surface area contributed by atoms with Crippen LogP contribution in [-0.4, -0.2) is 53.7 Å². The summed E-state index contributed by atoms with van der Waals surface area (Å²) in [6.45, 7) is 5.59. The topological polar surface area (TPSA) is 85.3 Å². The molecule has 3 heterocycles. The van der Waals surface area contributed by atoms with Crippen molar-refractivity contribution in [2.24, 2.45) is 0 Å². The highest BCUT2D eigenvalue weighted by Gasteiger charge is 2.47. The Morgan fingerprint density at radius 2 is 1.97 bits per heavy atom. The van der Waals surface area contributed by atoms with Crippen molar-refractivity contribution in [1.29, 1.82) is 0 Å². The smallest absolute Gasteiger partial charge is 0.295 e. The fourth-order valence-electron chi connectivity index (χ4n) is 5.11. The first kappa shape index (κ1) is 23.4. The van der Waals surface area contributed by atoms with Crippen LogP contribution >= 0.6 is 0 Å². The highest BCUT2D eigenvalue weighted by atomic mass is 16.5. The van der Waals surface area contributed by atoms with Crippen molar-refractivity contribution in [3.63, 3.8) is 0 Å². The molecular weight excluding hydrogens is 446 g/mol. The minimum atomic E-state index is -0.706. The molecule has 2 aromatic rings. The van der Waals surface area contributed by atoms with E-state index in [-0.39, 0.29) is 23.5 Å². The highest BCUT2D eigenvalue weighted by Crippen LogP contribution is 2.41. The van der Waals surface area contributed by atoms with E-state index in [9.17, 15) is 14.7 Å². The van der Waals surface area contributed by atoms with Crippen LogP contribution in [0.15, 0.2) is 48.0 Å². The largest absolute Gasteiger partial charge is 0.507 e. The molecule has 2 aromatic carbocycles. The lowest BCUT2D eigenvalue weighted by molar-refractivity contribution is -0.140. The van der Waals surface area contributed by atoms with E-state index in [1.54, 1.807) is 11.0 Å². The molecule has 0 aliphatic carbocycles. The summed E-state index contributed by atoms with van der Waals surface area (Å²) in [5.41, 5.74) is 2.32. The van der Waals surface area contributed by atoms with E-state index in [4.69, 9.17) is 14.2 Å². The molecule has 3 aliphatic heterocycles. The molecule has 35 heavy (non-hydrogen) atoms. The van der Waals surface area contributed by atoms with Gasteiger partial charge in [-0.05, 0) is 67.6 Å². The van der Waals surface area contributed by atoms with Gasteiger partial charge < -0.3 is 24.2 Å². The molecule has 1 amide bonds. The summed E-state index contributed by atoms with van der Waals surface area (Å²) in [7, 11) is 0. The van der Waals surface area contributed by atoms with Gasteiger partial charge in [0.05, 0.1) is 24.3 Å². The van der Waals surface area contributed by atoms with Crippen LogP contribution in [0.25, 0.3) is 5.76 Å². The number of hydrogen-bond acceptors (Lipinski definition) is 6. The number of fused-ring (bicyclic) bond motifs is 1. The molecule has 7 heteroatoms. The molecule has 0 saturated carbocycles. The number of rotatable bonds is 7. The Labute approximate surface area is 205 Å². The van der Waals surface area contributed by atoms with E-state index in [0.717, 1.165) is 48.3 Å². The van der Waals surface area contributed by atoms with E-state index < -0.39 is 17.7 Å². The highest BCUT2D eigenvalue weighted by molar-refractivity contribution is 6.46. The molecule has 3 unspecified atom stereocenters. The van der Waals surface area contributed by atoms with Gasteiger partial charge in [0.1, 0.15) is 23.4 Å². The second kappa shape index (κ2) is 9.74. The van der Waals surface area contributed by atoms with Crippen LogP contribution < -0.4 is 9.47 Å². The Morgan fingerprint density at radius 1 is 1.17 bits per heavy atom. The Kier molecular flexibility index (Phi) is 6.52. The second-order valence-electron chi connectivity index (χ2n) is 9.46. The fourth-order valence-corrected chi connectivity index (χ4v) is 5.11. The Hall–Kier alpha value is -3.32. The first-order valence-corrected chi connectivity index (χ1v) is 12.4. The quantitative estimate of drug-likeness (QED) is 0.362. The average molecular weight is 478 g/mol. The Bertz CT molecular complexity index is 1150. The first-order chi connectivity index (χ1) is 17.0. The summed E-state index contributed by atoms with van der Waals surface area (Å²) in [5, 5.41) is 11.4. The third-order valence-corrected chi connectivity index (χ3v) is 6.80. The number of carbonyl (C=O) groups excluding carboxylic acids is 2. The van der Waals surface area contributed by atoms with E-state index in [2.05, 4.69) is 0 Å². The van der Waals surface area contributed by atoms with Crippen LogP contribution in [0.3, 0.4) is 0 Å². The van der Waals surface area contributed by atoms with E-state index in [0.29, 0.717) is 25.3 Å². The zero-order valence-electron chi connectivity index (χ0n) is 20.2. The van der Waals surface area contributed by atoms with E-state index >= 15 is 0 Å². The normalized spacial score (nSPS) is 25.1. The van der Waals surface area contributed by atoms with Crippen molar-refractivity contribution < 1.29 is 28.9 Å². The van der Waals surface area contributed by atoms with Crippen molar-refractivity contribution in [3.05, 3.63) is 64.7 Å². The van der Waals surface area contributed by atoms with Crippen LogP contribution in [0.4, 0.5) is 0 Å². The zero-order valence-corrected chi connectivity index (χ0v) is 20.2. The van der Waals surface area contributed by atoms with E-state index in [1.807, 2.05) is 50.2 Å². The number of aliphatic hydroxyl groups excluding tert-OH is 1. The number of Topliss-reactive ketones (excluding diaryl/α,β-unsaturated/α-hetero) is 1. The number of nitrogens with zero attached hydrogens (tertiary/aromatic N) is 1. The van der Waals surface area contributed by atoms with Gasteiger partial charge in [0.2, 0.25) is 0 Å². The molecule has 0 spiro atoms. The summed E-state index contributed by atoms with van der Waals surface area (Å²) >= 11 is 0. The molecule has 3 aliphatic rings. The van der Waals surface area contributed by atoms with Gasteiger partial charge in [-0.25, -0.2) is 0 Å². The summed E-state index contributed by atoms with van der Waals surface area (Å²) in [6.07, 6.45) is 3.33. The zero-order chi connectivity index (χ0) is 24.5. The molecule has 3 atom stereocenters. The molecule has 0 aromatic heterocycles. The van der Waals surface area contributed by atoms with Gasteiger partial charge in [-0.3, -0.25) is 9.59 Å². The van der Waals surface area contributed by atoms with Crippen molar-refractivity contribution in [1.82, 2.24) is 4.90 Å². The van der Waals surface area contributed by atoms with Crippen LogP contribution in [0.1, 0.15) is 55.8 Å². The summed E-state index contributed by atoms with van der Waals surface area (Å²) in [4.78, 5) is 28.0. The predicted octanol–water partition coefficient (Wildman–Crippen LogP) is 4.40. The van der Waals surface area contributed by atoms with Crippen molar-refractivity contribution in [2.75, 3.05) is 19.8 Å². The minimum Gasteiger partial charge on any atom is -0.507 e. The Morgan fingerprint density at radius 3 is 2.69 bits per heavy atom. The molecule has 0 radical (unpaired) electrons. The maximum Gasteiger partial charge on any atom is 0.295 e. The maximum absolute atomic E-state index is 13.3. The monoisotopic (exact) mass is 477 g/mol. The van der Waals surface area contributed by atoms with Gasteiger partial charge in [-0.1, -0.05) is 19.1 Å². The summed E-state index contributed by atoms with van der Waals surface area (Å²) < 4.78 is 17.2.